The highest BCUT2D eigenvalue weighted by Gasteiger charge is 2.13. The summed E-state index contributed by atoms with van der Waals surface area (Å²) in [5.41, 5.74) is 3.82. The predicted molar refractivity (Wildman–Crippen MR) is 101 cm³/mol. The molecule has 0 bridgehead atoms. The van der Waals surface area contributed by atoms with Gasteiger partial charge in [-0.3, -0.25) is 4.98 Å². The lowest BCUT2D eigenvalue weighted by molar-refractivity contribution is 0.573. The second-order valence-corrected chi connectivity index (χ2v) is 7.01. The minimum atomic E-state index is 0.630. The zero-order chi connectivity index (χ0) is 16.5. The largest absolute Gasteiger partial charge is 0.355 e. The van der Waals surface area contributed by atoms with Gasteiger partial charge in [0.15, 0.2) is 0 Å². The summed E-state index contributed by atoms with van der Waals surface area (Å²) in [7, 11) is 0. The molecule has 0 atom stereocenters. The quantitative estimate of drug-likeness (QED) is 0.598. The van der Waals surface area contributed by atoms with Gasteiger partial charge in [-0.05, 0) is 60.7 Å². The number of hydrogen-bond acceptors (Lipinski definition) is 3. The molecule has 0 unspecified atom stereocenters. The molecular formula is C19H17Cl2N3. The molecular weight excluding hydrogens is 341 g/mol. The Labute approximate surface area is 151 Å². The zero-order valence-electron chi connectivity index (χ0n) is 13.2. The van der Waals surface area contributed by atoms with Crippen LogP contribution in [0.15, 0.2) is 42.6 Å². The lowest BCUT2D eigenvalue weighted by Gasteiger charge is -2.27. The van der Waals surface area contributed by atoms with Crippen LogP contribution in [0.1, 0.15) is 19.3 Å². The van der Waals surface area contributed by atoms with Gasteiger partial charge in [-0.25, -0.2) is 4.98 Å². The SMILES string of the molecule is Clc1cc(Cl)cc(-c2ccc3ncc(N4CCCCC4)nc3c2)c1. The number of piperidine rings is 1. The molecule has 3 nitrogen and oxygen atoms in total. The highest BCUT2D eigenvalue weighted by atomic mass is 35.5. The summed E-state index contributed by atoms with van der Waals surface area (Å²) in [6.07, 6.45) is 5.63. The van der Waals surface area contributed by atoms with E-state index >= 15 is 0 Å². The second-order valence-electron chi connectivity index (χ2n) is 6.14. The lowest BCUT2D eigenvalue weighted by Crippen LogP contribution is -2.30. The van der Waals surface area contributed by atoms with Gasteiger partial charge >= 0.3 is 0 Å². The molecule has 2 heterocycles. The van der Waals surface area contributed by atoms with Crippen LogP contribution in [0.25, 0.3) is 22.2 Å². The first-order chi connectivity index (χ1) is 11.7. The van der Waals surface area contributed by atoms with Crippen LogP contribution in [0.4, 0.5) is 5.82 Å². The first kappa shape index (κ1) is 15.7. The van der Waals surface area contributed by atoms with Gasteiger partial charge in [0, 0.05) is 23.1 Å². The summed E-state index contributed by atoms with van der Waals surface area (Å²) in [6, 6.07) is 11.6. The van der Waals surface area contributed by atoms with Crippen molar-refractivity contribution in [1.29, 1.82) is 0 Å². The number of hydrogen-bond donors (Lipinski definition) is 0. The molecule has 122 valence electrons. The maximum Gasteiger partial charge on any atom is 0.147 e. The maximum atomic E-state index is 6.13. The average Bonchev–Trinajstić information content (AvgIpc) is 2.61. The van der Waals surface area contributed by atoms with E-state index in [2.05, 4.69) is 16.0 Å². The molecule has 1 aliphatic rings. The topological polar surface area (TPSA) is 29.0 Å². The second kappa shape index (κ2) is 6.58. The molecule has 1 fully saturated rings. The monoisotopic (exact) mass is 357 g/mol. The summed E-state index contributed by atoms with van der Waals surface area (Å²) in [4.78, 5) is 11.7. The van der Waals surface area contributed by atoms with Crippen molar-refractivity contribution in [2.45, 2.75) is 19.3 Å². The van der Waals surface area contributed by atoms with Crippen molar-refractivity contribution in [3.63, 3.8) is 0 Å². The molecule has 24 heavy (non-hydrogen) atoms. The van der Waals surface area contributed by atoms with E-state index in [-0.39, 0.29) is 0 Å². The van der Waals surface area contributed by atoms with Crippen molar-refractivity contribution in [3.8, 4) is 11.1 Å². The third-order valence-corrected chi connectivity index (χ3v) is 4.84. The van der Waals surface area contributed by atoms with Gasteiger partial charge in [-0.1, -0.05) is 29.3 Å². The van der Waals surface area contributed by atoms with Crippen LogP contribution in [-0.2, 0) is 0 Å². The van der Waals surface area contributed by atoms with E-state index in [1.807, 2.05) is 30.5 Å². The van der Waals surface area contributed by atoms with E-state index in [1.54, 1.807) is 6.07 Å². The van der Waals surface area contributed by atoms with Crippen LogP contribution in [0.2, 0.25) is 10.0 Å². The van der Waals surface area contributed by atoms with Crippen molar-refractivity contribution < 1.29 is 0 Å². The van der Waals surface area contributed by atoms with Gasteiger partial charge in [0.25, 0.3) is 0 Å². The van der Waals surface area contributed by atoms with Gasteiger partial charge in [0.05, 0.1) is 17.2 Å². The van der Waals surface area contributed by atoms with E-state index in [0.29, 0.717) is 10.0 Å². The van der Waals surface area contributed by atoms with Gasteiger partial charge in [0.2, 0.25) is 0 Å². The minimum absolute atomic E-state index is 0.630. The molecule has 2 aromatic carbocycles. The molecule has 0 aliphatic carbocycles. The normalized spacial score (nSPS) is 15.0. The smallest absolute Gasteiger partial charge is 0.147 e. The van der Waals surface area contributed by atoms with E-state index in [1.165, 1.54) is 19.3 Å². The Hall–Kier alpha value is -1.84. The Kier molecular flexibility index (Phi) is 4.30. The number of fused-ring (bicyclic) bond motifs is 1. The summed E-state index contributed by atoms with van der Waals surface area (Å²) < 4.78 is 0. The first-order valence-corrected chi connectivity index (χ1v) is 8.93. The van der Waals surface area contributed by atoms with Crippen LogP contribution in [0.5, 0.6) is 0 Å². The number of nitrogens with zero attached hydrogens (tertiary/aromatic N) is 3. The molecule has 0 N–H and O–H groups in total. The Balaban J connectivity index is 1.75. The number of aromatic nitrogens is 2. The fraction of sp³-hybridized carbons (Fsp3) is 0.263. The summed E-state index contributed by atoms with van der Waals surface area (Å²) >= 11 is 12.3. The van der Waals surface area contributed by atoms with E-state index in [9.17, 15) is 0 Å². The molecule has 5 heteroatoms. The minimum Gasteiger partial charge on any atom is -0.355 e. The molecule has 4 rings (SSSR count). The van der Waals surface area contributed by atoms with Crippen LogP contribution >= 0.6 is 23.2 Å². The van der Waals surface area contributed by atoms with Crippen molar-refractivity contribution in [2.75, 3.05) is 18.0 Å². The number of anilines is 1. The summed E-state index contributed by atoms with van der Waals surface area (Å²) in [5.74, 6) is 0.962. The number of halogens is 2. The van der Waals surface area contributed by atoms with E-state index in [4.69, 9.17) is 28.2 Å². The van der Waals surface area contributed by atoms with Crippen molar-refractivity contribution in [2.24, 2.45) is 0 Å². The fourth-order valence-corrected chi connectivity index (χ4v) is 3.70. The van der Waals surface area contributed by atoms with Crippen LogP contribution in [-0.4, -0.2) is 23.1 Å². The Bertz CT molecular complexity index is 869. The Morgan fingerprint density at radius 2 is 1.54 bits per heavy atom. The Morgan fingerprint density at radius 3 is 2.29 bits per heavy atom. The van der Waals surface area contributed by atoms with Gasteiger partial charge in [0.1, 0.15) is 5.82 Å². The van der Waals surface area contributed by atoms with Crippen LogP contribution < -0.4 is 4.90 Å². The molecule has 0 amide bonds. The molecule has 0 radical (unpaired) electrons. The lowest BCUT2D eigenvalue weighted by atomic mass is 10.1. The number of benzene rings is 2. The third kappa shape index (κ3) is 3.19. The maximum absolute atomic E-state index is 6.13. The zero-order valence-corrected chi connectivity index (χ0v) is 14.7. The molecule has 1 aromatic heterocycles. The average molecular weight is 358 g/mol. The Morgan fingerprint density at radius 1 is 0.792 bits per heavy atom. The summed E-state index contributed by atoms with van der Waals surface area (Å²) in [5, 5.41) is 1.26. The van der Waals surface area contributed by atoms with Crippen LogP contribution in [0.3, 0.4) is 0 Å². The van der Waals surface area contributed by atoms with Crippen molar-refractivity contribution in [1.82, 2.24) is 9.97 Å². The van der Waals surface area contributed by atoms with Gasteiger partial charge < -0.3 is 4.90 Å². The standard InChI is InChI=1S/C19H17Cl2N3/c20-15-8-14(9-16(21)11-15)13-4-5-17-18(10-13)23-19(12-22-17)24-6-2-1-3-7-24/h4-5,8-12H,1-3,6-7H2. The highest BCUT2D eigenvalue weighted by Crippen LogP contribution is 2.29. The van der Waals surface area contributed by atoms with Gasteiger partial charge in [-0.2, -0.15) is 0 Å². The van der Waals surface area contributed by atoms with Crippen LogP contribution in [0, 0.1) is 0 Å². The number of rotatable bonds is 2. The third-order valence-electron chi connectivity index (χ3n) is 4.41. The summed E-state index contributed by atoms with van der Waals surface area (Å²) in [6.45, 7) is 2.12. The molecule has 3 aromatic rings. The fourth-order valence-electron chi connectivity index (χ4n) is 3.18. The predicted octanol–water partition coefficient (Wildman–Crippen LogP) is 5.59. The molecule has 1 aliphatic heterocycles. The van der Waals surface area contributed by atoms with Crippen molar-refractivity contribution >= 4 is 40.1 Å². The molecule has 1 saturated heterocycles. The molecule has 0 spiro atoms. The van der Waals surface area contributed by atoms with E-state index < -0.39 is 0 Å². The highest BCUT2D eigenvalue weighted by molar-refractivity contribution is 6.35. The molecule has 0 saturated carbocycles. The van der Waals surface area contributed by atoms with E-state index in [0.717, 1.165) is 41.1 Å². The van der Waals surface area contributed by atoms with Gasteiger partial charge in [-0.15, -0.1) is 0 Å². The van der Waals surface area contributed by atoms with Crippen molar-refractivity contribution in [3.05, 3.63) is 52.6 Å². The first-order valence-electron chi connectivity index (χ1n) is 8.17.